The van der Waals surface area contributed by atoms with E-state index in [0.29, 0.717) is 19.5 Å². The van der Waals surface area contributed by atoms with E-state index in [1.54, 1.807) is 14.1 Å². The molecule has 1 fully saturated rings. The van der Waals surface area contributed by atoms with Crippen molar-refractivity contribution in [1.29, 1.82) is 0 Å². The molecule has 0 aliphatic carbocycles. The molecular weight excluding hydrogens is 266 g/mol. The van der Waals surface area contributed by atoms with E-state index in [-0.39, 0.29) is 11.5 Å². The first-order chi connectivity index (χ1) is 8.50. The molecule has 1 saturated heterocycles. The lowest BCUT2D eigenvalue weighted by Crippen LogP contribution is -2.56. The largest absolute Gasteiger partial charge is 0.348 e. The Labute approximate surface area is 116 Å². The lowest BCUT2D eigenvalue weighted by atomic mass is 9.81. The van der Waals surface area contributed by atoms with Crippen molar-refractivity contribution in [2.45, 2.75) is 38.5 Å². The number of carbonyl (C=O) groups is 1. The summed E-state index contributed by atoms with van der Waals surface area (Å²) in [4.78, 5) is 13.2. The number of hydrogen-bond acceptors (Lipinski definition) is 4. The molecule has 0 saturated carbocycles. The Morgan fingerprint density at radius 2 is 1.95 bits per heavy atom. The van der Waals surface area contributed by atoms with Crippen molar-refractivity contribution < 1.29 is 13.2 Å². The predicted molar refractivity (Wildman–Crippen MR) is 75.0 cm³/mol. The number of nitrogens with zero attached hydrogens (tertiary/aromatic N) is 2. The SMILES string of the molecule is CC(C(=O)N(C)C)S(=O)(=O)N1CCC(N)C(C)(C)C1. The molecule has 1 aliphatic heterocycles. The molecule has 112 valence electrons. The van der Waals surface area contributed by atoms with E-state index in [0.717, 1.165) is 0 Å². The Kier molecular flexibility index (Phi) is 4.64. The van der Waals surface area contributed by atoms with Gasteiger partial charge in [0.05, 0.1) is 0 Å². The average Bonchev–Trinajstić information content (AvgIpc) is 2.30. The molecule has 2 atom stereocenters. The summed E-state index contributed by atoms with van der Waals surface area (Å²) in [6.07, 6.45) is 0.620. The first kappa shape index (κ1) is 16.4. The van der Waals surface area contributed by atoms with Gasteiger partial charge in [0.2, 0.25) is 15.9 Å². The third-order valence-electron chi connectivity index (χ3n) is 3.87. The average molecular weight is 291 g/mol. The van der Waals surface area contributed by atoms with Gasteiger partial charge in [0.1, 0.15) is 0 Å². The fourth-order valence-corrected chi connectivity index (χ4v) is 4.04. The second-order valence-corrected chi connectivity index (χ2v) is 8.39. The van der Waals surface area contributed by atoms with Gasteiger partial charge in [-0.2, -0.15) is 0 Å². The van der Waals surface area contributed by atoms with E-state index in [2.05, 4.69) is 0 Å². The normalized spacial score (nSPS) is 25.9. The maximum Gasteiger partial charge on any atom is 0.241 e. The quantitative estimate of drug-likeness (QED) is 0.784. The zero-order chi connectivity index (χ0) is 15.0. The van der Waals surface area contributed by atoms with Crippen LogP contribution in [-0.4, -0.2) is 62.0 Å². The van der Waals surface area contributed by atoms with Gasteiger partial charge in [0, 0.05) is 33.2 Å². The fourth-order valence-electron chi connectivity index (χ4n) is 2.26. The van der Waals surface area contributed by atoms with Crippen LogP contribution in [-0.2, 0) is 14.8 Å². The van der Waals surface area contributed by atoms with E-state index in [1.165, 1.54) is 16.1 Å². The first-order valence-corrected chi connectivity index (χ1v) is 7.96. The Balaban J connectivity index is 2.93. The molecule has 0 bridgehead atoms. The second-order valence-electron chi connectivity index (χ2n) is 6.14. The highest BCUT2D eigenvalue weighted by Crippen LogP contribution is 2.30. The van der Waals surface area contributed by atoms with Crippen LogP contribution in [0.4, 0.5) is 0 Å². The summed E-state index contributed by atoms with van der Waals surface area (Å²) in [5.41, 5.74) is 5.73. The molecule has 0 aromatic rings. The molecule has 19 heavy (non-hydrogen) atoms. The van der Waals surface area contributed by atoms with Crippen molar-refractivity contribution in [1.82, 2.24) is 9.21 Å². The standard InChI is InChI=1S/C12H25N3O3S/c1-9(11(16)14(4)5)19(17,18)15-7-6-10(13)12(2,3)8-15/h9-10H,6-8,13H2,1-5H3. The van der Waals surface area contributed by atoms with Crippen molar-refractivity contribution in [2.24, 2.45) is 11.1 Å². The monoisotopic (exact) mass is 291 g/mol. The second kappa shape index (κ2) is 5.38. The van der Waals surface area contributed by atoms with E-state index >= 15 is 0 Å². The summed E-state index contributed by atoms with van der Waals surface area (Å²) in [6, 6.07) is -0.0150. The number of nitrogens with two attached hydrogens (primary N) is 1. The van der Waals surface area contributed by atoms with Crippen LogP contribution in [0, 0.1) is 5.41 Å². The summed E-state index contributed by atoms with van der Waals surface area (Å²) < 4.78 is 26.3. The molecule has 7 heteroatoms. The van der Waals surface area contributed by atoms with Gasteiger partial charge in [-0.25, -0.2) is 12.7 Å². The van der Waals surface area contributed by atoms with Gasteiger partial charge in [0.25, 0.3) is 0 Å². The first-order valence-electron chi connectivity index (χ1n) is 6.46. The number of amides is 1. The molecule has 1 aliphatic rings. The smallest absolute Gasteiger partial charge is 0.241 e. The molecular formula is C12H25N3O3S. The summed E-state index contributed by atoms with van der Waals surface area (Å²) in [7, 11) is -0.494. The van der Waals surface area contributed by atoms with Crippen LogP contribution in [0.2, 0.25) is 0 Å². The molecule has 0 aromatic heterocycles. The highest BCUT2D eigenvalue weighted by molar-refractivity contribution is 7.90. The van der Waals surface area contributed by atoms with E-state index in [9.17, 15) is 13.2 Å². The molecule has 0 aromatic carbocycles. The Morgan fingerprint density at radius 3 is 2.37 bits per heavy atom. The Morgan fingerprint density at radius 1 is 1.42 bits per heavy atom. The number of sulfonamides is 1. The topological polar surface area (TPSA) is 83.7 Å². The van der Waals surface area contributed by atoms with Crippen LogP contribution in [0.3, 0.4) is 0 Å². The van der Waals surface area contributed by atoms with Crippen molar-refractivity contribution >= 4 is 15.9 Å². The molecule has 2 N–H and O–H groups in total. The Bertz CT molecular complexity index is 445. The van der Waals surface area contributed by atoms with Crippen LogP contribution in [0.5, 0.6) is 0 Å². The third kappa shape index (κ3) is 3.27. The zero-order valence-electron chi connectivity index (χ0n) is 12.4. The van der Waals surface area contributed by atoms with Gasteiger partial charge >= 0.3 is 0 Å². The van der Waals surface area contributed by atoms with Gasteiger partial charge in [-0.1, -0.05) is 13.8 Å². The maximum absolute atomic E-state index is 12.5. The fraction of sp³-hybridized carbons (Fsp3) is 0.917. The molecule has 1 rings (SSSR count). The van der Waals surface area contributed by atoms with E-state index < -0.39 is 21.2 Å². The summed E-state index contributed by atoms with van der Waals surface area (Å²) >= 11 is 0. The number of carbonyl (C=O) groups excluding carboxylic acids is 1. The van der Waals surface area contributed by atoms with Crippen molar-refractivity contribution in [3.63, 3.8) is 0 Å². The molecule has 2 unspecified atom stereocenters. The van der Waals surface area contributed by atoms with Gasteiger partial charge in [0.15, 0.2) is 5.25 Å². The van der Waals surface area contributed by atoms with Gasteiger partial charge < -0.3 is 10.6 Å². The molecule has 1 heterocycles. The van der Waals surface area contributed by atoms with Gasteiger partial charge in [-0.3, -0.25) is 4.79 Å². The molecule has 1 amide bonds. The zero-order valence-corrected chi connectivity index (χ0v) is 13.2. The minimum absolute atomic E-state index is 0.0150. The van der Waals surface area contributed by atoms with E-state index in [4.69, 9.17) is 5.73 Å². The molecule has 6 nitrogen and oxygen atoms in total. The van der Waals surface area contributed by atoms with Gasteiger partial charge in [-0.15, -0.1) is 0 Å². The van der Waals surface area contributed by atoms with Crippen molar-refractivity contribution in [3.8, 4) is 0 Å². The maximum atomic E-state index is 12.5. The highest BCUT2D eigenvalue weighted by Gasteiger charge is 2.42. The van der Waals surface area contributed by atoms with Crippen LogP contribution < -0.4 is 5.73 Å². The highest BCUT2D eigenvalue weighted by atomic mass is 32.2. The third-order valence-corrected chi connectivity index (χ3v) is 6.00. The van der Waals surface area contributed by atoms with Crippen molar-refractivity contribution in [2.75, 3.05) is 27.2 Å². The van der Waals surface area contributed by atoms with Crippen LogP contribution >= 0.6 is 0 Å². The van der Waals surface area contributed by atoms with E-state index in [1.807, 2.05) is 13.8 Å². The van der Waals surface area contributed by atoms with Crippen LogP contribution in [0.1, 0.15) is 27.2 Å². The number of piperidine rings is 1. The Hall–Kier alpha value is -0.660. The van der Waals surface area contributed by atoms with Crippen molar-refractivity contribution in [3.05, 3.63) is 0 Å². The summed E-state index contributed by atoms with van der Waals surface area (Å²) in [5.74, 6) is -0.396. The molecule has 0 spiro atoms. The van der Waals surface area contributed by atoms with Crippen LogP contribution in [0.25, 0.3) is 0 Å². The number of hydrogen-bond donors (Lipinski definition) is 1. The number of rotatable bonds is 3. The minimum Gasteiger partial charge on any atom is -0.348 e. The lowest BCUT2D eigenvalue weighted by molar-refractivity contribution is -0.128. The predicted octanol–water partition coefficient (Wildman–Crippen LogP) is -0.148. The summed E-state index contributed by atoms with van der Waals surface area (Å²) in [6.45, 7) is 6.11. The minimum atomic E-state index is -3.61. The van der Waals surface area contributed by atoms with Crippen LogP contribution in [0.15, 0.2) is 0 Å². The molecule has 0 radical (unpaired) electrons. The summed E-state index contributed by atoms with van der Waals surface area (Å²) in [5, 5.41) is -1.05. The van der Waals surface area contributed by atoms with Gasteiger partial charge in [-0.05, 0) is 18.8 Å². The lowest BCUT2D eigenvalue weighted by Gasteiger charge is -2.42.